The second-order valence-electron chi connectivity index (χ2n) is 5.50. The number of aromatic nitrogens is 1. The number of methoxy groups -OCH3 is 3. The molecule has 1 fully saturated rings. The van der Waals surface area contributed by atoms with Crippen molar-refractivity contribution in [2.45, 2.75) is 25.4 Å². The average molecular weight is 348 g/mol. The molecule has 24 heavy (non-hydrogen) atoms. The van der Waals surface area contributed by atoms with Gasteiger partial charge < -0.3 is 19.1 Å². The third-order valence-corrected chi connectivity index (χ3v) is 4.71. The predicted octanol–water partition coefficient (Wildman–Crippen LogP) is 2.97. The van der Waals surface area contributed by atoms with Gasteiger partial charge in [0, 0.05) is 23.2 Å². The van der Waals surface area contributed by atoms with Gasteiger partial charge in [-0.2, -0.15) is 0 Å². The van der Waals surface area contributed by atoms with Crippen LogP contribution >= 0.6 is 11.3 Å². The molecule has 6 nitrogen and oxygen atoms in total. The first kappa shape index (κ1) is 16.6. The summed E-state index contributed by atoms with van der Waals surface area (Å²) in [4.78, 5) is 19.2. The molecule has 0 bridgehead atoms. The first-order valence-corrected chi connectivity index (χ1v) is 8.55. The Morgan fingerprint density at radius 1 is 1.21 bits per heavy atom. The lowest BCUT2D eigenvalue weighted by Crippen LogP contribution is -2.32. The Morgan fingerprint density at radius 2 is 1.88 bits per heavy atom. The molecule has 0 aliphatic heterocycles. The highest BCUT2D eigenvalue weighted by Crippen LogP contribution is 2.39. The van der Waals surface area contributed by atoms with Gasteiger partial charge in [-0.1, -0.05) is 0 Å². The SMILES string of the molecule is COc1cc(C(=O)N(Cc2nccs2)C2CC2)cc(OC)c1OC. The van der Waals surface area contributed by atoms with E-state index in [1.165, 1.54) is 0 Å². The fourth-order valence-corrected chi connectivity index (χ4v) is 3.21. The molecule has 1 aliphatic carbocycles. The molecule has 1 heterocycles. The normalized spacial score (nSPS) is 13.5. The summed E-state index contributed by atoms with van der Waals surface area (Å²) >= 11 is 1.56. The van der Waals surface area contributed by atoms with Crippen molar-refractivity contribution in [3.05, 3.63) is 34.3 Å². The molecule has 128 valence electrons. The van der Waals surface area contributed by atoms with Crippen LogP contribution in [0.25, 0.3) is 0 Å². The van der Waals surface area contributed by atoms with Crippen LogP contribution in [0.3, 0.4) is 0 Å². The van der Waals surface area contributed by atoms with Gasteiger partial charge in [-0.3, -0.25) is 4.79 Å². The van der Waals surface area contributed by atoms with Crippen molar-refractivity contribution in [2.75, 3.05) is 21.3 Å². The van der Waals surface area contributed by atoms with E-state index in [4.69, 9.17) is 14.2 Å². The second kappa shape index (κ2) is 7.09. The van der Waals surface area contributed by atoms with Crippen LogP contribution in [0.4, 0.5) is 0 Å². The Kier molecular flexibility index (Phi) is 4.89. The zero-order chi connectivity index (χ0) is 17.1. The van der Waals surface area contributed by atoms with E-state index in [2.05, 4.69) is 4.98 Å². The number of amides is 1. The lowest BCUT2D eigenvalue weighted by molar-refractivity contribution is 0.0729. The van der Waals surface area contributed by atoms with E-state index >= 15 is 0 Å². The highest BCUT2D eigenvalue weighted by atomic mass is 32.1. The summed E-state index contributed by atoms with van der Waals surface area (Å²) in [6.07, 6.45) is 3.82. The van der Waals surface area contributed by atoms with Gasteiger partial charge in [-0.25, -0.2) is 4.98 Å². The first-order valence-electron chi connectivity index (χ1n) is 7.67. The van der Waals surface area contributed by atoms with Gasteiger partial charge in [0.05, 0.1) is 27.9 Å². The Balaban J connectivity index is 1.92. The number of thiazole rings is 1. The van der Waals surface area contributed by atoms with Crippen molar-refractivity contribution in [1.82, 2.24) is 9.88 Å². The van der Waals surface area contributed by atoms with E-state index in [1.54, 1.807) is 51.0 Å². The van der Waals surface area contributed by atoms with Gasteiger partial charge in [0.2, 0.25) is 5.75 Å². The van der Waals surface area contributed by atoms with Crippen molar-refractivity contribution >= 4 is 17.2 Å². The third-order valence-electron chi connectivity index (χ3n) is 3.95. The van der Waals surface area contributed by atoms with Crippen molar-refractivity contribution in [3.8, 4) is 17.2 Å². The molecule has 1 aliphatic rings. The maximum atomic E-state index is 13.0. The molecule has 0 atom stereocenters. The minimum Gasteiger partial charge on any atom is -0.493 e. The summed E-state index contributed by atoms with van der Waals surface area (Å²) in [6, 6.07) is 3.67. The maximum Gasteiger partial charge on any atom is 0.254 e. The van der Waals surface area contributed by atoms with E-state index < -0.39 is 0 Å². The summed E-state index contributed by atoms with van der Waals surface area (Å²) in [5, 5.41) is 2.85. The number of ether oxygens (including phenoxy) is 3. The number of benzene rings is 1. The van der Waals surface area contributed by atoms with Crippen LogP contribution in [0.2, 0.25) is 0 Å². The van der Waals surface area contributed by atoms with Gasteiger partial charge >= 0.3 is 0 Å². The number of carbonyl (C=O) groups is 1. The quantitative estimate of drug-likeness (QED) is 0.770. The molecular formula is C17H20N2O4S. The highest BCUT2D eigenvalue weighted by molar-refractivity contribution is 7.09. The molecule has 0 radical (unpaired) electrons. The molecule has 0 N–H and O–H groups in total. The lowest BCUT2D eigenvalue weighted by atomic mass is 10.1. The van der Waals surface area contributed by atoms with Crippen LogP contribution in [-0.2, 0) is 6.54 Å². The number of hydrogen-bond donors (Lipinski definition) is 0. The van der Waals surface area contributed by atoms with Crippen LogP contribution < -0.4 is 14.2 Å². The zero-order valence-electron chi connectivity index (χ0n) is 13.9. The van der Waals surface area contributed by atoms with Crippen LogP contribution in [0.5, 0.6) is 17.2 Å². The predicted molar refractivity (Wildman–Crippen MR) is 91.1 cm³/mol. The smallest absolute Gasteiger partial charge is 0.254 e. The molecule has 0 spiro atoms. The molecule has 2 aromatic rings. The van der Waals surface area contributed by atoms with Crippen molar-refractivity contribution in [2.24, 2.45) is 0 Å². The number of rotatable bonds is 7. The summed E-state index contributed by atoms with van der Waals surface area (Å²) < 4.78 is 16.0. The topological polar surface area (TPSA) is 60.9 Å². The Bertz CT molecular complexity index is 688. The summed E-state index contributed by atoms with van der Waals surface area (Å²) in [6.45, 7) is 0.526. The van der Waals surface area contributed by atoms with Crippen molar-refractivity contribution < 1.29 is 19.0 Å². The molecule has 3 rings (SSSR count). The van der Waals surface area contributed by atoms with Crippen molar-refractivity contribution in [3.63, 3.8) is 0 Å². The Labute approximate surface area is 145 Å². The van der Waals surface area contributed by atoms with E-state index in [0.29, 0.717) is 29.4 Å². The molecule has 0 saturated heterocycles. The van der Waals surface area contributed by atoms with E-state index in [-0.39, 0.29) is 11.9 Å². The van der Waals surface area contributed by atoms with Crippen LogP contribution in [0, 0.1) is 0 Å². The standard InChI is InChI=1S/C17H20N2O4S/c1-21-13-8-11(9-14(22-2)16(13)23-3)17(20)19(12-4-5-12)10-15-18-6-7-24-15/h6-9,12H,4-5,10H2,1-3H3. The first-order chi connectivity index (χ1) is 11.7. The van der Waals surface area contributed by atoms with Crippen LogP contribution in [-0.4, -0.2) is 43.2 Å². The third kappa shape index (κ3) is 3.31. The van der Waals surface area contributed by atoms with Gasteiger partial charge in [0.25, 0.3) is 5.91 Å². The molecule has 7 heteroatoms. The fourth-order valence-electron chi connectivity index (χ4n) is 2.60. The summed E-state index contributed by atoms with van der Waals surface area (Å²) in [5.74, 6) is 1.39. The molecule has 1 aromatic carbocycles. The molecular weight excluding hydrogens is 328 g/mol. The van der Waals surface area contributed by atoms with E-state index in [0.717, 1.165) is 17.8 Å². The van der Waals surface area contributed by atoms with Gasteiger partial charge in [0.1, 0.15) is 5.01 Å². The number of nitrogens with zero attached hydrogens (tertiary/aromatic N) is 2. The zero-order valence-corrected chi connectivity index (χ0v) is 14.8. The highest BCUT2D eigenvalue weighted by Gasteiger charge is 2.34. The monoisotopic (exact) mass is 348 g/mol. The minimum absolute atomic E-state index is 0.0491. The van der Waals surface area contributed by atoms with Gasteiger partial charge in [-0.05, 0) is 25.0 Å². The maximum absolute atomic E-state index is 13.0. The molecule has 1 aromatic heterocycles. The Hall–Kier alpha value is -2.28. The van der Waals surface area contributed by atoms with Crippen LogP contribution in [0.1, 0.15) is 28.2 Å². The van der Waals surface area contributed by atoms with Crippen LogP contribution in [0.15, 0.2) is 23.7 Å². The molecule has 0 unspecified atom stereocenters. The summed E-state index contributed by atoms with van der Waals surface area (Å²) in [7, 11) is 4.63. The molecule has 1 amide bonds. The largest absolute Gasteiger partial charge is 0.493 e. The fraction of sp³-hybridized carbons (Fsp3) is 0.412. The number of hydrogen-bond acceptors (Lipinski definition) is 6. The average Bonchev–Trinajstić information content (AvgIpc) is 3.33. The van der Waals surface area contributed by atoms with E-state index in [1.807, 2.05) is 10.3 Å². The molecule has 1 saturated carbocycles. The Morgan fingerprint density at radius 3 is 2.33 bits per heavy atom. The van der Waals surface area contributed by atoms with Gasteiger partial charge in [-0.15, -0.1) is 11.3 Å². The van der Waals surface area contributed by atoms with E-state index in [9.17, 15) is 4.79 Å². The number of carbonyl (C=O) groups excluding carboxylic acids is 1. The second-order valence-corrected chi connectivity index (χ2v) is 6.48. The lowest BCUT2D eigenvalue weighted by Gasteiger charge is -2.22. The minimum atomic E-state index is -0.0491. The summed E-state index contributed by atoms with van der Waals surface area (Å²) in [5.41, 5.74) is 0.521. The van der Waals surface area contributed by atoms with Gasteiger partial charge in [0.15, 0.2) is 11.5 Å². The van der Waals surface area contributed by atoms with Crippen molar-refractivity contribution in [1.29, 1.82) is 0 Å².